The number of hydrogen-bond donors (Lipinski definition) is 0. The van der Waals surface area contributed by atoms with E-state index in [4.69, 9.17) is 14.2 Å². The van der Waals surface area contributed by atoms with E-state index in [0.29, 0.717) is 19.3 Å². The smallest absolute Gasteiger partial charge is 0.306 e. The van der Waals surface area contributed by atoms with E-state index in [9.17, 15) is 14.4 Å². The molecule has 6 heteroatoms. The summed E-state index contributed by atoms with van der Waals surface area (Å²) in [7, 11) is 0. The summed E-state index contributed by atoms with van der Waals surface area (Å²) in [6.07, 6.45) is 63.3. The van der Waals surface area contributed by atoms with Crippen LogP contribution in [0.1, 0.15) is 226 Å². The van der Waals surface area contributed by atoms with Crippen molar-refractivity contribution in [3.63, 3.8) is 0 Å². The number of rotatable bonds is 44. The highest BCUT2D eigenvalue weighted by Gasteiger charge is 2.19. The first kappa shape index (κ1) is 57.6. The lowest BCUT2D eigenvalue weighted by Crippen LogP contribution is -2.30. The SMILES string of the molecule is CC/C=C\C/C=C\C/C=C\C/C=C\CCCCCCCCCCCCCCC(=O)OCC(COC(=O)CCCCCCC)OC(=O)CCCCC/C=C\C/C=C\C/C=C\CC. The van der Waals surface area contributed by atoms with Gasteiger partial charge in [0.15, 0.2) is 6.10 Å². The molecule has 0 radical (unpaired) electrons. The zero-order chi connectivity index (χ0) is 44.4. The second-order valence-corrected chi connectivity index (χ2v) is 16.3. The molecule has 0 aromatic carbocycles. The summed E-state index contributed by atoms with van der Waals surface area (Å²) in [5, 5.41) is 0. The first-order valence-corrected chi connectivity index (χ1v) is 25.1. The van der Waals surface area contributed by atoms with Gasteiger partial charge in [0.25, 0.3) is 0 Å². The molecule has 1 unspecified atom stereocenters. The van der Waals surface area contributed by atoms with Crippen LogP contribution in [0.3, 0.4) is 0 Å². The molecule has 61 heavy (non-hydrogen) atoms. The van der Waals surface area contributed by atoms with Gasteiger partial charge in [-0.15, -0.1) is 0 Å². The summed E-state index contributed by atoms with van der Waals surface area (Å²) in [4.78, 5) is 37.6. The maximum Gasteiger partial charge on any atom is 0.306 e. The first-order valence-electron chi connectivity index (χ1n) is 25.1. The summed E-state index contributed by atoms with van der Waals surface area (Å²) in [6, 6.07) is 0. The molecule has 0 bridgehead atoms. The van der Waals surface area contributed by atoms with Crippen LogP contribution in [-0.4, -0.2) is 37.2 Å². The first-order chi connectivity index (χ1) is 30.0. The van der Waals surface area contributed by atoms with E-state index >= 15 is 0 Å². The zero-order valence-electron chi connectivity index (χ0n) is 39.7. The summed E-state index contributed by atoms with van der Waals surface area (Å²) in [5.41, 5.74) is 0. The van der Waals surface area contributed by atoms with Crippen molar-refractivity contribution in [2.24, 2.45) is 0 Å². The van der Waals surface area contributed by atoms with Gasteiger partial charge in [-0.3, -0.25) is 14.4 Å². The Morgan fingerprint density at radius 1 is 0.344 bits per heavy atom. The van der Waals surface area contributed by atoms with Crippen LogP contribution in [0.5, 0.6) is 0 Å². The highest BCUT2D eigenvalue weighted by molar-refractivity contribution is 5.71. The largest absolute Gasteiger partial charge is 0.462 e. The molecule has 0 saturated heterocycles. The number of carbonyl (C=O) groups is 3. The van der Waals surface area contributed by atoms with Gasteiger partial charge in [-0.05, 0) is 89.9 Å². The van der Waals surface area contributed by atoms with Gasteiger partial charge in [0.05, 0.1) is 0 Å². The van der Waals surface area contributed by atoms with Crippen LogP contribution < -0.4 is 0 Å². The van der Waals surface area contributed by atoms with Crippen molar-refractivity contribution in [2.45, 2.75) is 232 Å². The van der Waals surface area contributed by atoms with Crippen molar-refractivity contribution >= 4 is 17.9 Å². The fourth-order valence-electron chi connectivity index (χ4n) is 6.68. The molecule has 348 valence electrons. The Kier molecular flexibility index (Phi) is 46.5. The van der Waals surface area contributed by atoms with E-state index in [2.05, 4.69) is 106 Å². The molecule has 0 aliphatic carbocycles. The fourth-order valence-corrected chi connectivity index (χ4v) is 6.68. The van der Waals surface area contributed by atoms with Gasteiger partial charge in [0.1, 0.15) is 13.2 Å². The molecular weight excluding hydrogens is 757 g/mol. The molecule has 0 spiro atoms. The molecule has 1 atom stereocenters. The van der Waals surface area contributed by atoms with Gasteiger partial charge >= 0.3 is 17.9 Å². The van der Waals surface area contributed by atoms with Gasteiger partial charge in [-0.1, -0.05) is 202 Å². The van der Waals surface area contributed by atoms with Crippen LogP contribution >= 0.6 is 0 Å². The number of hydrogen-bond acceptors (Lipinski definition) is 6. The van der Waals surface area contributed by atoms with Gasteiger partial charge < -0.3 is 14.2 Å². The molecular formula is C55H92O6. The third-order valence-corrected chi connectivity index (χ3v) is 10.4. The van der Waals surface area contributed by atoms with Crippen molar-refractivity contribution < 1.29 is 28.6 Å². The summed E-state index contributed by atoms with van der Waals surface area (Å²) < 4.78 is 16.6. The van der Waals surface area contributed by atoms with Crippen molar-refractivity contribution in [1.82, 2.24) is 0 Å². The van der Waals surface area contributed by atoms with E-state index in [0.717, 1.165) is 116 Å². The standard InChI is InChI=1S/C55H92O6/c1-4-7-10-13-15-17-19-21-22-23-24-25-26-27-28-29-30-31-32-34-35-37-39-42-45-48-54(57)60-51-52(50-59-53(56)47-44-41-12-9-6-3)61-55(58)49-46-43-40-38-36-33-20-18-16-14-11-8-5-2/h7-8,10-11,15-18,21-22,24-25,33,36,52H,4-6,9,12-14,19-20,23,26-32,34-35,37-51H2,1-3H3/b10-7-,11-8-,17-15-,18-16-,22-21-,25-24-,36-33-. The van der Waals surface area contributed by atoms with Gasteiger partial charge in [-0.25, -0.2) is 0 Å². The lowest BCUT2D eigenvalue weighted by Gasteiger charge is -2.18. The minimum Gasteiger partial charge on any atom is -0.462 e. The van der Waals surface area contributed by atoms with E-state index in [1.54, 1.807) is 0 Å². The second kappa shape index (κ2) is 49.2. The highest BCUT2D eigenvalue weighted by Crippen LogP contribution is 2.14. The Balaban J connectivity index is 4.11. The van der Waals surface area contributed by atoms with Gasteiger partial charge in [0, 0.05) is 19.3 Å². The molecule has 0 aliphatic rings. The quantitative estimate of drug-likeness (QED) is 0.0263. The number of allylic oxidation sites excluding steroid dienone is 14. The molecule has 0 aromatic rings. The second-order valence-electron chi connectivity index (χ2n) is 16.3. The maximum absolute atomic E-state index is 12.7. The zero-order valence-corrected chi connectivity index (χ0v) is 39.7. The lowest BCUT2D eigenvalue weighted by molar-refractivity contribution is -0.167. The number of esters is 3. The third-order valence-electron chi connectivity index (χ3n) is 10.4. The Labute approximate surface area is 375 Å². The van der Waals surface area contributed by atoms with E-state index < -0.39 is 6.10 Å². The number of ether oxygens (including phenoxy) is 3. The fraction of sp³-hybridized carbons (Fsp3) is 0.691. The molecule has 0 amide bonds. The average Bonchev–Trinajstić information content (AvgIpc) is 3.26. The van der Waals surface area contributed by atoms with Crippen molar-refractivity contribution in [3.05, 3.63) is 85.1 Å². The van der Waals surface area contributed by atoms with Crippen LogP contribution in [0.2, 0.25) is 0 Å². The van der Waals surface area contributed by atoms with Crippen LogP contribution in [0.15, 0.2) is 85.1 Å². The molecule has 0 rings (SSSR count). The van der Waals surface area contributed by atoms with Crippen molar-refractivity contribution in [3.8, 4) is 0 Å². The van der Waals surface area contributed by atoms with Crippen LogP contribution in [0.25, 0.3) is 0 Å². The highest BCUT2D eigenvalue weighted by atomic mass is 16.6. The van der Waals surface area contributed by atoms with Crippen molar-refractivity contribution in [1.29, 1.82) is 0 Å². The van der Waals surface area contributed by atoms with Crippen LogP contribution in [0.4, 0.5) is 0 Å². The van der Waals surface area contributed by atoms with E-state index in [-0.39, 0.29) is 31.1 Å². The lowest BCUT2D eigenvalue weighted by atomic mass is 10.0. The normalized spacial score (nSPS) is 12.8. The molecule has 0 aliphatic heterocycles. The minimum atomic E-state index is -0.787. The number of unbranched alkanes of at least 4 members (excludes halogenated alkanes) is 19. The Hall–Kier alpha value is -3.41. The monoisotopic (exact) mass is 849 g/mol. The Morgan fingerprint density at radius 3 is 1.02 bits per heavy atom. The predicted octanol–water partition coefficient (Wildman–Crippen LogP) is 16.4. The van der Waals surface area contributed by atoms with E-state index in [1.807, 2.05) is 0 Å². The Bertz CT molecular complexity index is 1200. The summed E-state index contributed by atoms with van der Waals surface area (Å²) in [5.74, 6) is -0.938. The summed E-state index contributed by atoms with van der Waals surface area (Å²) >= 11 is 0. The topological polar surface area (TPSA) is 78.9 Å². The molecule has 6 nitrogen and oxygen atoms in total. The molecule has 0 aromatic heterocycles. The molecule has 0 fully saturated rings. The average molecular weight is 849 g/mol. The van der Waals surface area contributed by atoms with Crippen LogP contribution in [0, 0.1) is 0 Å². The molecule has 0 N–H and O–H groups in total. The van der Waals surface area contributed by atoms with Crippen molar-refractivity contribution in [2.75, 3.05) is 13.2 Å². The Morgan fingerprint density at radius 2 is 0.639 bits per heavy atom. The minimum absolute atomic E-state index is 0.0895. The summed E-state index contributed by atoms with van der Waals surface area (Å²) in [6.45, 7) is 6.29. The molecule has 0 heterocycles. The maximum atomic E-state index is 12.7. The van der Waals surface area contributed by atoms with Crippen LogP contribution in [-0.2, 0) is 28.6 Å². The molecule has 0 saturated carbocycles. The van der Waals surface area contributed by atoms with Gasteiger partial charge in [-0.2, -0.15) is 0 Å². The van der Waals surface area contributed by atoms with Gasteiger partial charge in [0.2, 0.25) is 0 Å². The predicted molar refractivity (Wildman–Crippen MR) is 261 cm³/mol. The number of carbonyl (C=O) groups excluding carboxylic acids is 3. The third kappa shape index (κ3) is 47.5. The van der Waals surface area contributed by atoms with E-state index in [1.165, 1.54) is 70.6 Å².